The van der Waals surface area contributed by atoms with Crippen LogP contribution in [0.1, 0.15) is 17.0 Å². The number of nitrogens with one attached hydrogen (secondary N) is 1. The normalized spacial score (nSPS) is 10.9. The predicted octanol–water partition coefficient (Wildman–Crippen LogP) is 2.21. The lowest BCUT2D eigenvalue weighted by Gasteiger charge is -2.02. The van der Waals surface area contributed by atoms with Crippen LogP contribution in [0.25, 0.3) is 0 Å². The minimum absolute atomic E-state index is 0.0395. The number of rotatable bonds is 5. The maximum atomic E-state index is 11.8. The van der Waals surface area contributed by atoms with Crippen molar-refractivity contribution in [2.75, 3.05) is 0 Å². The Morgan fingerprint density at radius 3 is 2.83 bits per heavy atom. The minimum atomic E-state index is -0.582. The molecule has 0 spiro atoms. The highest BCUT2D eigenvalue weighted by Crippen LogP contribution is 2.24. The third-order valence-electron chi connectivity index (χ3n) is 2.97. The Hall–Kier alpha value is -2.74. The summed E-state index contributed by atoms with van der Waals surface area (Å²) in [6, 6.07) is 6.10. The van der Waals surface area contributed by atoms with Gasteiger partial charge in [0.05, 0.1) is 16.8 Å². The van der Waals surface area contributed by atoms with Gasteiger partial charge in [-0.15, -0.1) is 0 Å². The molecule has 0 aliphatic carbocycles. The van der Waals surface area contributed by atoms with Crippen LogP contribution in [0.4, 0.5) is 5.69 Å². The van der Waals surface area contributed by atoms with Gasteiger partial charge >= 0.3 is 0 Å². The summed E-state index contributed by atoms with van der Waals surface area (Å²) >= 11 is 5.72. The van der Waals surface area contributed by atoms with Gasteiger partial charge in [-0.3, -0.25) is 19.6 Å². The lowest BCUT2D eigenvalue weighted by molar-refractivity contribution is -0.384. The van der Waals surface area contributed by atoms with Gasteiger partial charge in [0, 0.05) is 17.3 Å². The summed E-state index contributed by atoms with van der Waals surface area (Å²) in [4.78, 5) is 22.0. The fraction of sp³-hybridized carbons (Fsp3) is 0.214. The van der Waals surface area contributed by atoms with E-state index in [4.69, 9.17) is 11.6 Å². The first-order valence-electron chi connectivity index (χ1n) is 6.63. The number of hydrogen-bond acceptors (Lipinski definition) is 5. The van der Waals surface area contributed by atoms with E-state index >= 15 is 0 Å². The molecule has 9 heteroatoms. The highest BCUT2D eigenvalue weighted by Gasteiger charge is 2.12. The predicted molar refractivity (Wildman–Crippen MR) is 85.5 cm³/mol. The third-order valence-corrected chi connectivity index (χ3v) is 3.29. The van der Waals surface area contributed by atoms with E-state index in [1.165, 1.54) is 18.3 Å². The third kappa shape index (κ3) is 4.36. The number of hydrogen-bond donors (Lipinski definition) is 1. The molecule has 0 aliphatic rings. The second-order valence-electron chi connectivity index (χ2n) is 4.85. The Kier molecular flexibility index (Phi) is 5.07. The molecule has 8 nitrogen and oxygen atoms in total. The summed E-state index contributed by atoms with van der Waals surface area (Å²) in [6.07, 6.45) is 1.31. The first-order chi connectivity index (χ1) is 10.9. The SMILES string of the molecule is Cc1cc(C)n(CC(=O)N/N=C/c2ccc(Cl)c([N+](=O)[O-])c2)n1. The van der Waals surface area contributed by atoms with Crippen molar-refractivity contribution < 1.29 is 9.72 Å². The van der Waals surface area contributed by atoms with E-state index in [0.29, 0.717) is 5.56 Å². The Bertz CT molecular complexity index is 785. The minimum Gasteiger partial charge on any atom is -0.271 e. The monoisotopic (exact) mass is 335 g/mol. The number of carbonyl (C=O) groups is 1. The van der Waals surface area contributed by atoms with E-state index in [1.807, 2.05) is 19.9 Å². The van der Waals surface area contributed by atoms with Crippen molar-refractivity contribution in [2.45, 2.75) is 20.4 Å². The summed E-state index contributed by atoms with van der Waals surface area (Å²) in [5.74, 6) is -0.351. The van der Waals surface area contributed by atoms with Gasteiger partial charge in [0.1, 0.15) is 11.6 Å². The van der Waals surface area contributed by atoms with E-state index < -0.39 is 4.92 Å². The topological polar surface area (TPSA) is 102 Å². The molecule has 1 aromatic heterocycles. The van der Waals surface area contributed by atoms with Crippen LogP contribution in [0.2, 0.25) is 5.02 Å². The maximum absolute atomic E-state index is 11.8. The van der Waals surface area contributed by atoms with Crippen molar-refractivity contribution in [2.24, 2.45) is 5.10 Å². The molecule has 0 unspecified atom stereocenters. The molecule has 23 heavy (non-hydrogen) atoms. The van der Waals surface area contributed by atoms with Gasteiger partial charge in [0.15, 0.2) is 0 Å². The molecule has 1 aromatic carbocycles. The van der Waals surface area contributed by atoms with Gasteiger partial charge in [0.2, 0.25) is 0 Å². The zero-order valence-corrected chi connectivity index (χ0v) is 13.2. The van der Waals surface area contributed by atoms with Gasteiger partial charge in [-0.05, 0) is 26.0 Å². The molecule has 2 rings (SSSR count). The summed E-state index contributed by atoms with van der Waals surface area (Å²) in [5.41, 5.74) is 4.28. The van der Waals surface area contributed by atoms with Gasteiger partial charge in [-0.25, -0.2) is 5.43 Å². The average molecular weight is 336 g/mol. The number of nitro benzene ring substituents is 1. The Morgan fingerprint density at radius 1 is 1.48 bits per heavy atom. The van der Waals surface area contributed by atoms with E-state index in [9.17, 15) is 14.9 Å². The second kappa shape index (κ2) is 7.01. The standard InChI is InChI=1S/C14H14ClN5O3/c1-9-5-10(2)19(18-9)8-14(21)17-16-7-11-3-4-12(15)13(6-11)20(22)23/h3-7H,8H2,1-2H3,(H,17,21)/b16-7+. The van der Waals surface area contributed by atoms with Crippen molar-refractivity contribution >= 4 is 29.4 Å². The number of aromatic nitrogens is 2. The lowest BCUT2D eigenvalue weighted by Crippen LogP contribution is -2.24. The molecule has 120 valence electrons. The summed E-state index contributed by atoms with van der Waals surface area (Å²) in [6.45, 7) is 3.73. The second-order valence-corrected chi connectivity index (χ2v) is 5.25. The zero-order chi connectivity index (χ0) is 17.0. The molecular formula is C14H14ClN5O3. The van der Waals surface area contributed by atoms with Crippen molar-refractivity contribution in [3.8, 4) is 0 Å². The van der Waals surface area contributed by atoms with Crippen LogP contribution in [0.3, 0.4) is 0 Å². The number of benzene rings is 1. The highest BCUT2D eigenvalue weighted by atomic mass is 35.5. The van der Waals surface area contributed by atoms with Gasteiger partial charge < -0.3 is 0 Å². The number of aryl methyl sites for hydroxylation is 2. The lowest BCUT2D eigenvalue weighted by atomic mass is 10.2. The van der Waals surface area contributed by atoms with Crippen LogP contribution in [-0.4, -0.2) is 26.8 Å². The molecule has 1 amide bonds. The van der Waals surface area contributed by atoms with Crippen LogP contribution in [0.15, 0.2) is 29.4 Å². The summed E-state index contributed by atoms with van der Waals surface area (Å²) < 4.78 is 1.56. The van der Waals surface area contributed by atoms with Gasteiger partial charge in [-0.2, -0.15) is 10.2 Å². The molecule has 2 aromatic rings. The molecule has 0 saturated carbocycles. The maximum Gasteiger partial charge on any atom is 0.288 e. The quantitative estimate of drug-likeness (QED) is 0.514. The van der Waals surface area contributed by atoms with E-state index in [0.717, 1.165) is 11.4 Å². The van der Waals surface area contributed by atoms with Crippen molar-refractivity contribution in [3.63, 3.8) is 0 Å². The number of nitro groups is 1. The van der Waals surface area contributed by atoms with Gasteiger partial charge in [0.25, 0.3) is 11.6 Å². The number of halogens is 1. The Morgan fingerprint density at radius 2 is 2.22 bits per heavy atom. The zero-order valence-electron chi connectivity index (χ0n) is 12.5. The molecule has 0 saturated heterocycles. The van der Waals surface area contributed by atoms with Crippen molar-refractivity contribution in [1.82, 2.24) is 15.2 Å². The Balaban J connectivity index is 1.99. The van der Waals surface area contributed by atoms with E-state index in [2.05, 4.69) is 15.6 Å². The smallest absolute Gasteiger partial charge is 0.271 e. The number of carbonyl (C=O) groups excluding carboxylic acids is 1. The molecule has 0 bridgehead atoms. The summed E-state index contributed by atoms with van der Waals surface area (Å²) in [5, 5.41) is 18.8. The average Bonchev–Trinajstić information content (AvgIpc) is 2.78. The van der Waals surface area contributed by atoms with Crippen LogP contribution in [-0.2, 0) is 11.3 Å². The van der Waals surface area contributed by atoms with E-state index in [-0.39, 0.29) is 23.2 Å². The molecule has 0 atom stereocenters. The first-order valence-corrected chi connectivity index (χ1v) is 7.01. The molecule has 0 aliphatic heterocycles. The Labute approximate surface area is 136 Å². The molecule has 0 fully saturated rings. The molecule has 1 N–H and O–H groups in total. The largest absolute Gasteiger partial charge is 0.288 e. The van der Waals surface area contributed by atoms with Gasteiger partial charge in [-0.1, -0.05) is 17.7 Å². The molecule has 0 radical (unpaired) electrons. The number of amides is 1. The number of nitrogens with zero attached hydrogens (tertiary/aromatic N) is 4. The number of hydrazone groups is 1. The van der Waals surface area contributed by atoms with Crippen LogP contribution in [0, 0.1) is 24.0 Å². The van der Waals surface area contributed by atoms with Crippen LogP contribution < -0.4 is 5.43 Å². The molecular weight excluding hydrogens is 322 g/mol. The molecule has 1 heterocycles. The first kappa shape index (κ1) is 16.6. The van der Waals surface area contributed by atoms with Crippen molar-refractivity contribution in [3.05, 3.63) is 56.4 Å². The highest BCUT2D eigenvalue weighted by molar-refractivity contribution is 6.32. The fourth-order valence-electron chi connectivity index (χ4n) is 1.94. The van der Waals surface area contributed by atoms with E-state index in [1.54, 1.807) is 10.7 Å². The summed E-state index contributed by atoms with van der Waals surface area (Å²) in [7, 11) is 0. The van der Waals surface area contributed by atoms with Crippen LogP contribution >= 0.6 is 11.6 Å². The van der Waals surface area contributed by atoms with Crippen LogP contribution in [0.5, 0.6) is 0 Å². The fourth-order valence-corrected chi connectivity index (χ4v) is 2.12. The van der Waals surface area contributed by atoms with Crippen molar-refractivity contribution in [1.29, 1.82) is 0 Å².